The summed E-state index contributed by atoms with van der Waals surface area (Å²) in [6.45, 7) is 4.39. The number of nitrogens with zero attached hydrogens (tertiary/aromatic N) is 1. The normalized spacial score (nSPS) is 17.1. The van der Waals surface area contributed by atoms with Gasteiger partial charge in [0.1, 0.15) is 0 Å². The van der Waals surface area contributed by atoms with E-state index < -0.39 is 10.0 Å². The van der Waals surface area contributed by atoms with Crippen LogP contribution >= 0.6 is 0 Å². The molecule has 6 heteroatoms. The van der Waals surface area contributed by atoms with Gasteiger partial charge in [0.25, 0.3) is 0 Å². The summed E-state index contributed by atoms with van der Waals surface area (Å²) in [4.78, 5) is 12.4. The van der Waals surface area contributed by atoms with Crippen molar-refractivity contribution in [1.29, 1.82) is 0 Å². The first kappa shape index (κ1) is 18.5. The first-order chi connectivity index (χ1) is 12.4. The zero-order chi connectivity index (χ0) is 18.7. The molecule has 5 nitrogen and oxygen atoms in total. The summed E-state index contributed by atoms with van der Waals surface area (Å²) in [6.07, 6.45) is 1.00. The number of amides is 1. The van der Waals surface area contributed by atoms with Gasteiger partial charge < -0.3 is 5.32 Å². The molecule has 1 aliphatic rings. The van der Waals surface area contributed by atoms with E-state index in [1.165, 1.54) is 4.31 Å². The van der Waals surface area contributed by atoms with E-state index in [1.807, 2.05) is 56.3 Å². The van der Waals surface area contributed by atoms with Gasteiger partial charge in [0.15, 0.2) is 0 Å². The predicted octanol–water partition coefficient (Wildman–Crippen LogP) is 3.67. The van der Waals surface area contributed by atoms with Gasteiger partial charge in [-0.05, 0) is 42.5 Å². The lowest BCUT2D eigenvalue weighted by molar-refractivity contribution is -0.116. The Kier molecular flexibility index (Phi) is 5.32. The molecule has 2 aromatic carbocycles. The van der Waals surface area contributed by atoms with Gasteiger partial charge in [0.2, 0.25) is 15.9 Å². The van der Waals surface area contributed by atoms with Crippen molar-refractivity contribution in [3.8, 4) is 0 Å². The van der Waals surface area contributed by atoms with Crippen molar-refractivity contribution >= 4 is 27.3 Å². The number of rotatable bonds is 5. The smallest absolute Gasteiger partial charge is 0.235 e. The highest BCUT2D eigenvalue weighted by Gasteiger charge is 2.29. The summed E-state index contributed by atoms with van der Waals surface area (Å²) in [5.41, 5.74) is 3.27. The second-order valence-corrected chi connectivity index (χ2v) is 8.82. The molecule has 1 unspecified atom stereocenters. The van der Waals surface area contributed by atoms with Crippen LogP contribution in [0.2, 0.25) is 0 Å². The summed E-state index contributed by atoms with van der Waals surface area (Å²) >= 11 is 0. The van der Waals surface area contributed by atoms with Crippen LogP contribution in [0, 0.1) is 6.92 Å². The Bertz CT molecular complexity index is 895. The Morgan fingerprint density at radius 1 is 1.19 bits per heavy atom. The van der Waals surface area contributed by atoms with E-state index in [2.05, 4.69) is 5.32 Å². The van der Waals surface area contributed by atoms with Gasteiger partial charge in [-0.3, -0.25) is 9.10 Å². The maximum Gasteiger partial charge on any atom is 0.235 e. The van der Waals surface area contributed by atoms with Crippen LogP contribution in [0.25, 0.3) is 0 Å². The quantitative estimate of drug-likeness (QED) is 0.871. The van der Waals surface area contributed by atoms with Crippen LogP contribution in [0.5, 0.6) is 0 Å². The Hall–Kier alpha value is -2.34. The number of sulfonamides is 1. The lowest BCUT2D eigenvalue weighted by Crippen LogP contribution is -2.26. The highest BCUT2D eigenvalue weighted by Crippen LogP contribution is 2.30. The average Bonchev–Trinajstić information content (AvgIpc) is 2.96. The van der Waals surface area contributed by atoms with Gasteiger partial charge in [-0.15, -0.1) is 0 Å². The van der Waals surface area contributed by atoms with E-state index >= 15 is 0 Å². The zero-order valence-corrected chi connectivity index (χ0v) is 15.9. The van der Waals surface area contributed by atoms with Crippen LogP contribution < -0.4 is 9.62 Å². The fourth-order valence-electron chi connectivity index (χ4n) is 3.26. The molecule has 1 heterocycles. The molecule has 1 N–H and O–H groups in total. The summed E-state index contributed by atoms with van der Waals surface area (Å²) in [5, 5.41) is 2.90. The molecular formula is C20H24N2O3S. The van der Waals surface area contributed by atoms with Crippen molar-refractivity contribution in [2.45, 2.75) is 32.6 Å². The predicted molar refractivity (Wildman–Crippen MR) is 105 cm³/mol. The van der Waals surface area contributed by atoms with Gasteiger partial charge in [-0.2, -0.15) is 0 Å². The molecule has 0 aliphatic carbocycles. The molecule has 0 radical (unpaired) electrons. The van der Waals surface area contributed by atoms with Gasteiger partial charge >= 0.3 is 0 Å². The van der Waals surface area contributed by atoms with E-state index in [4.69, 9.17) is 0 Å². The molecule has 1 amide bonds. The van der Waals surface area contributed by atoms with E-state index in [-0.39, 0.29) is 17.6 Å². The molecule has 0 aromatic heterocycles. The number of benzene rings is 2. The number of aryl methyl sites for hydroxylation is 1. The first-order valence-corrected chi connectivity index (χ1v) is 10.4. The minimum atomic E-state index is -3.24. The second kappa shape index (κ2) is 7.50. The minimum Gasteiger partial charge on any atom is -0.326 e. The topological polar surface area (TPSA) is 66.5 Å². The summed E-state index contributed by atoms with van der Waals surface area (Å²) in [7, 11) is -3.24. The SMILES string of the molecule is Cc1ccc(NC(=O)CC(C)c2ccccc2)cc1N1CCCS1(=O)=O. The molecule has 1 saturated heterocycles. The molecule has 1 aliphatic heterocycles. The van der Waals surface area contributed by atoms with E-state index in [1.54, 1.807) is 6.07 Å². The van der Waals surface area contributed by atoms with Crippen molar-refractivity contribution in [3.05, 3.63) is 59.7 Å². The molecule has 0 saturated carbocycles. The Morgan fingerprint density at radius 2 is 1.92 bits per heavy atom. The van der Waals surface area contributed by atoms with Crippen molar-refractivity contribution in [3.63, 3.8) is 0 Å². The number of nitrogens with one attached hydrogen (secondary N) is 1. The fraction of sp³-hybridized carbons (Fsp3) is 0.350. The molecule has 1 fully saturated rings. The molecule has 138 valence electrons. The summed E-state index contributed by atoms with van der Waals surface area (Å²) < 4.78 is 25.8. The van der Waals surface area contributed by atoms with Crippen LogP contribution in [0.3, 0.4) is 0 Å². The highest BCUT2D eigenvalue weighted by atomic mass is 32.2. The van der Waals surface area contributed by atoms with Crippen molar-refractivity contribution < 1.29 is 13.2 Å². The maximum absolute atomic E-state index is 12.4. The first-order valence-electron chi connectivity index (χ1n) is 8.83. The largest absolute Gasteiger partial charge is 0.326 e. The lowest BCUT2D eigenvalue weighted by atomic mass is 9.97. The van der Waals surface area contributed by atoms with Gasteiger partial charge in [-0.1, -0.05) is 43.3 Å². The number of anilines is 2. The van der Waals surface area contributed by atoms with Crippen molar-refractivity contribution in [1.82, 2.24) is 0 Å². The second-order valence-electron chi connectivity index (χ2n) is 6.81. The molecule has 26 heavy (non-hydrogen) atoms. The third-order valence-electron chi connectivity index (χ3n) is 4.72. The fourth-order valence-corrected chi connectivity index (χ4v) is 4.87. The van der Waals surface area contributed by atoms with Gasteiger partial charge in [0, 0.05) is 18.7 Å². The van der Waals surface area contributed by atoms with Crippen LogP contribution in [0.1, 0.15) is 36.8 Å². The number of hydrogen-bond donors (Lipinski definition) is 1. The van der Waals surface area contributed by atoms with Gasteiger partial charge in [0.05, 0.1) is 11.4 Å². The summed E-state index contributed by atoms with van der Waals surface area (Å²) in [6, 6.07) is 15.3. The molecule has 1 atom stereocenters. The lowest BCUT2D eigenvalue weighted by Gasteiger charge is -2.20. The number of carbonyl (C=O) groups excluding carboxylic acids is 1. The summed E-state index contributed by atoms with van der Waals surface area (Å²) in [5.74, 6) is 0.206. The number of hydrogen-bond acceptors (Lipinski definition) is 3. The van der Waals surface area contributed by atoms with Crippen molar-refractivity contribution in [2.24, 2.45) is 0 Å². The molecule has 0 bridgehead atoms. The molecule has 3 rings (SSSR count). The molecule has 0 spiro atoms. The van der Waals surface area contributed by atoms with Crippen LogP contribution in [0.15, 0.2) is 48.5 Å². The van der Waals surface area contributed by atoms with E-state index in [9.17, 15) is 13.2 Å². The third-order valence-corrected chi connectivity index (χ3v) is 6.58. The van der Waals surface area contributed by atoms with Gasteiger partial charge in [-0.25, -0.2) is 8.42 Å². The molecular weight excluding hydrogens is 348 g/mol. The van der Waals surface area contributed by atoms with E-state index in [0.29, 0.717) is 30.8 Å². The number of carbonyl (C=O) groups is 1. The highest BCUT2D eigenvalue weighted by molar-refractivity contribution is 7.93. The van der Waals surface area contributed by atoms with Crippen LogP contribution in [-0.2, 0) is 14.8 Å². The molecule has 2 aromatic rings. The minimum absolute atomic E-state index is 0.0829. The Balaban J connectivity index is 1.72. The van der Waals surface area contributed by atoms with Crippen LogP contribution in [0.4, 0.5) is 11.4 Å². The monoisotopic (exact) mass is 372 g/mol. The third kappa shape index (κ3) is 4.07. The maximum atomic E-state index is 12.4. The van der Waals surface area contributed by atoms with Crippen LogP contribution in [-0.4, -0.2) is 26.6 Å². The standard InChI is InChI=1S/C20H24N2O3S/c1-15-9-10-18(14-19(15)22-11-6-12-26(22,24)25)21-20(23)13-16(2)17-7-4-3-5-8-17/h3-5,7-10,14,16H,6,11-13H2,1-2H3,(H,21,23). The zero-order valence-electron chi connectivity index (χ0n) is 15.1. The average molecular weight is 372 g/mol. The Morgan fingerprint density at radius 3 is 2.58 bits per heavy atom. The van der Waals surface area contributed by atoms with Crippen molar-refractivity contribution in [2.75, 3.05) is 21.9 Å². The van der Waals surface area contributed by atoms with E-state index in [0.717, 1.165) is 11.1 Å². The Labute approximate surface area is 155 Å².